The van der Waals surface area contributed by atoms with Crippen LogP contribution in [0.25, 0.3) is 11.0 Å². The molecule has 3 aromatic rings. The second kappa shape index (κ2) is 5.43. The van der Waals surface area contributed by atoms with E-state index in [1.165, 1.54) is 11.8 Å². The number of hydrogen-bond donors (Lipinski definition) is 3. The molecule has 3 rings (SSSR count). The molecule has 0 aliphatic carbocycles. The number of H-pyrrole nitrogens is 1. The molecule has 4 N–H and O–H groups in total. The highest BCUT2D eigenvalue weighted by Gasteiger charge is 2.10. The summed E-state index contributed by atoms with van der Waals surface area (Å²) in [5.74, 6) is 0.246. The SMILES string of the molecule is Nc1nc(SCC(=O)Nc2cccc3nsnc23)n[nH]1. The minimum Gasteiger partial charge on any atom is -0.368 e. The predicted molar refractivity (Wildman–Crippen MR) is 77.6 cm³/mol. The van der Waals surface area contributed by atoms with Gasteiger partial charge in [0.1, 0.15) is 11.0 Å². The summed E-state index contributed by atoms with van der Waals surface area (Å²) in [5.41, 5.74) is 7.51. The van der Waals surface area contributed by atoms with Crippen LogP contribution in [0.2, 0.25) is 0 Å². The highest BCUT2D eigenvalue weighted by Crippen LogP contribution is 2.21. The Balaban J connectivity index is 1.65. The number of nitrogens with zero attached hydrogens (tertiary/aromatic N) is 4. The van der Waals surface area contributed by atoms with Gasteiger partial charge in [-0.05, 0) is 12.1 Å². The van der Waals surface area contributed by atoms with Gasteiger partial charge in [-0.25, -0.2) is 5.10 Å². The Morgan fingerprint density at radius 1 is 1.45 bits per heavy atom. The first-order valence-corrected chi connectivity index (χ1v) is 7.26. The van der Waals surface area contributed by atoms with Crippen LogP contribution in [-0.4, -0.2) is 35.6 Å². The molecule has 0 spiro atoms. The maximum absolute atomic E-state index is 11.9. The zero-order valence-corrected chi connectivity index (χ0v) is 11.7. The summed E-state index contributed by atoms with van der Waals surface area (Å²) in [6, 6.07) is 5.46. The molecule has 102 valence electrons. The molecule has 0 saturated heterocycles. The predicted octanol–water partition coefficient (Wildman–Crippen LogP) is 1.12. The van der Waals surface area contributed by atoms with Crippen molar-refractivity contribution in [3.63, 3.8) is 0 Å². The van der Waals surface area contributed by atoms with Crippen LogP contribution in [0.5, 0.6) is 0 Å². The van der Waals surface area contributed by atoms with Gasteiger partial charge in [0.25, 0.3) is 0 Å². The van der Waals surface area contributed by atoms with Gasteiger partial charge in [0.2, 0.25) is 17.0 Å². The third kappa shape index (κ3) is 2.70. The second-order valence-corrected chi connectivity index (χ2v) is 5.25. The molecule has 10 heteroatoms. The fraction of sp³-hybridized carbons (Fsp3) is 0.100. The molecular formula is C10H9N7OS2. The maximum atomic E-state index is 11.9. The van der Waals surface area contributed by atoms with Crippen LogP contribution in [0, 0.1) is 0 Å². The molecule has 2 aromatic heterocycles. The number of nitrogen functional groups attached to an aromatic ring is 1. The van der Waals surface area contributed by atoms with Crippen LogP contribution < -0.4 is 11.1 Å². The summed E-state index contributed by atoms with van der Waals surface area (Å²) in [6.07, 6.45) is 0. The van der Waals surface area contributed by atoms with Crippen molar-refractivity contribution in [3.8, 4) is 0 Å². The molecule has 0 atom stereocenters. The summed E-state index contributed by atoms with van der Waals surface area (Å²) in [6.45, 7) is 0. The number of nitrogens with one attached hydrogen (secondary N) is 2. The van der Waals surface area contributed by atoms with Crippen molar-refractivity contribution in [2.24, 2.45) is 0 Å². The topological polar surface area (TPSA) is 122 Å². The number of carbonyl (C=O) groups is 1. The number of benzene rings is 1. The van der Waals surface area contributed by atoms with Crippen LogP contribution in [0.1, 0.15) is 0 Å². The molecule has 2 heterocycles. The van der Waals surface area contributed by atoms with E-state index in [0.29, 0.717) is 16.4 Å². The Morgan fingerprint density at radius 3 is 3.15 bits per heavy atom. The molecule has 20 heavy (non-hydrogen) atoms. The number of nitrogens with two attached hydrogens (primary N) is 1. The summed E-state index contributed by atoms with van der Waals surface area (Å²) in [7, 11) is 0. The van der Waals surface area contributed by atoms with E-state index in [9.17, 15) is 4.79 Å². The van der Waals surface area contributed by atoms with Gasteiger partial charge < -0.3 is 11.1 Å². The summed E-state index contributed by atoms with van der Waals surface area (Å²) >= 11 is 2.31. The lowest BCUT2D eigenvalue weighted by molar-refractivity contribution is -0.113. The lowest BCUT2D eigenvalue weighted by Gasteiger charge is -2.04. The molecule has 0 bridgehead atoms. The molecular weight excluding hydrogens is 298 g/mol. The van der Waals surface area contributed by atoms with E-state index in [4.69, 9.17) is 5.73 Å². The standard InChI is InChI=1S/C10H9N7OS2/c11-9-13-10(15-14-9)19-4-7(18)12-5-2-1-3-6-8(5)17-20-16-6/h1-3H,4H2,(H,12,18)(H3,11,13,14,15). The van der Waals surface area contributed by atoms with Gasteiger partial charge >= 0.3 is 0 Å². The van der Waals surface area contributed by atoms with Crippen molar-refractivity contribution in [3.05, 3.63) is 18.2 Å². The summed E-state index contributed by atoms with van der Waals surface area (Å²) in [4.78, 5) is 15.8. The average Bonchev–Trinajstić information content (AvgIpc) is 3.05. The van der Waals surface area contributed by atoms with Gasteiger partial charge in [0.15, 0.2) is 0 Å². The first-order valence-electron chi connectivity index (χ1n) is 5.54. The summed E-state index contributed by atoms with van der Waals surface area (Å²) in [5, 5.41) is 9.58. The number of carbonyl (C=O) groups excluding carboxylic acids is 1. The quantitative estimate of drug-likeness (QED) is 0.617. The smallest absolute Gasteiger partial charge is 0.234 e. The molecule has 1 amide bonds. The van der Waals surface area contributed by atoms with Crippen LogP contribution in [-0.2, 0) is 4.79 Å². The Hall–Kier alpha value is -2.20. The number of aromatic amines is 1. The number of thioether (sulfide) groups is 1. The lowest BCUT2D eigenvalue weighted by Crippen LogP contribution is -2.14. The second-order valence-electron chi connectivity index (χ2n) is 3.78. The van der Waals surface area contributed by atoms with E-state index < -0.39 is 0 Å². The van der Waals surface area contributed by atoms with E-state index in [1.54, 1.807) is 6.07 Å². The van der Waals surface area contributed by atoms with E-state index in [-0.39, 0.29) is 17.6 Å². The number of amides is 1. The van der Waals surface area contributed by atoms with Crippen LogP contribution in [0.3, 0.4) is 0 Å². The highest BCUT2D eigenvalue weighted by atomic mass is 32.2. The fourth-order valence-corrected chi connectivity index (χ4v) is 2.70. The van der Waals surface area contributed by atoms with Gasteiger partial charge in [-0.15, -0.1) is 5.10 Å². The number of fused-ring (bicyclic) bond motifs is 1. The maximum Gasteiger partial charge on any atom is 0.234 e. The van der Waals surface area contributed by atoms with Crippen LogP contribution in [0.4, 0.5) is 11.6 Å². The zero-order chi connectivity index (χ0) is 13.9. The Labute approximate surface area is 121 Å². The molecule has 0 fully saturated rings. The zero-order valence-electron chi connectivity index (χ0n) is 10.0. The van der Waals surface area contributed by atoms with Crippen LogP contribution in [0.15, 0.2) is 23.4 Å². The number of aromatic nitrogens is 5. The van der Waals surface area contributed by atoms with Crippen molar-refractivity contribution >= 4 is 52.1 Å². The number of hydrogen-bond acceptors (Lipinski definition) is 8. The van der Waals surface area contributed by atoms with Gasteiger partial charge in [-0.2, -0.15) is 13.7 Å². The average molecular weight is 307 g/mol. The van der Waals surface area contributed by atoms with Crippen LogP contribution >= 0.6 is 23.5 Å². The van der Waals surface area contributed by atoms with Gasteiger partial charge in [0, 0.05) is 0 Å². The molecule has 0 saturated carbocycles. The Bertz CT molecular complexity index is 753. The van der Waals surface area contributed by atoms with Crippen molar-refractivity contribution < 1.29 is 4.79 Å². The third-order valence-electron chi connectivity index (χ3n) is 2.37. The normalized spacial score (nSPS) is 10.8. The van der Waals surface area contributed by atoms with E-state index in [2.05, 4.69) is 29.2 Å². The van der Waals surface area contributed by atoms with Crippen molar-refractivity contribution in [1.82, 2.24) is 23.9 Å². The lowest BCUT2D eigenvalue weighted by atomic mass is 10.2. The van der Waals surface area contributed by atoms with Gasteiger partial charge in [0.05, 0.1) is 23.2 Å². The number of anilines is 2. The van der Waals surface area contributed by atoms with Gasteiger partial charge in [-0.3, -0.25) is 4.79 Å². The fourth-order valence-electron chi connectivity index (χ4n) is 1.55. The molecule has 0 radical (unpaired) electrons. The number of rotatable bonds is 4. The molecule has 8 nitrogen and oxygen atoms in total. The van der Waals surface area contributed by atoms with E-state index >= 15 is 0 Å². The monoisotopic (exact) mass is 307 g/mol. The Kier molecular flexibility index (Phi) is 3.48. The van der Waals surface area contributed by atoms with Crippen molar-refractivity contribution in [1.29, 1.82) is 0 Å². The minimum absolute atomic E-state index is 0.168. The minimum atomic E-state index is -0.168. The van der Waals surface area contributed by atoms with Gasteiger partial charge in [-0.1, -0.05) is 17.8 Å². The van der Waals surface area contributed by atoms with Crippen molar-refractivity contribution in [2.75, 3.05) is 16.8 Å². The molecule has 0 aliphatic heterocycles. The third-order valence-corrected chi connectivity index (χ3v) is 3.76. The van der Waals surface area contributed by atoms with E-state index in [1.807, 2.05) is 12.1 Å². The largest absolute Gasteiger partial charge is 0.368 e. The molecule has 1 aromatic carbocycles. The molecule has 0 unspecified atom stereocenters. The summed E-state index contributed by atoms with van der Waals surface area (Å²) < 4.78 is 8.28. The highest BCUT2D eigenvalue weighted by molar-refractivity contribution is 7.99. The molecule has 0 aliphatic rings. The first kappa shape index (κ1) is 12.8. The first-order chi connectivity index (χ1) is 9.72. The van der Waals surface area contributed by atoms with Crippen molar-refractivity contribution in [2.45, 2.75) is 5.16 Å². The Morgan fingerprint density at radius 2 is 2.35 bits per heavy atom. The van der Waals surface area contributed by atoms with E-state index in [0.717, 1.165) is 17.2 Å².